The Bertz CT molecular complexity index is 1350. The first-order valence-electron chi connectivity index (χ1n) is 11.2. The van der Waals surface area contributed by atoms with Gasteiger partial charge in [-0.1, -0.05) is 35.4 Å². The lowest BCUT2D eigenvalue weighted by atomic mass is 10.2. The third kappa shape index (κ3) is 5.61. The zero-order valence-electron chi connectivity index (χ0n) is 19.4. The van der Waals surface area contributed by atoms with Gasteiger partial charge in [0.1, 0.15) is 0 Å². The SMILES string of the molecule is Cc1ccc(S(=O)(=O)C(NC(=O)c2cccs2)C(=O)N2CCN(C(=O)c3ccc(Cl)cc3)CC2)cc1. The van der Waals surface area contributed by atoms with E-state index in [0.717, 1.165) is 16.9 Å². The molecule has 11 heteroatoms. The van der Waals surface area contributed by atoms with Crippen LogP contribution in [0.25, 0.3) is 0 Å². The van der Waals surface area contributed by atoms with Crippen molar-refractivity contribution >= 4 is 50.5 Å². The molecule has 8 nitrogen and oxygen atoms in total. The molecule has 1 saturated heterocycles. The van der Waals surface area contributed by atoms with Gasteiger partial charge in [0.25, 0.3) is 17.7 Å². The number of nitrogens with one attached hydrogen (secondary N) is 1. The van der Waals surface area contributed by atoms with Crippen molar-refractivity contribution in [2.75, 3.05) is 26.2 Å². The van der Waals surface area contributed by atoms with E-state index in [1.807, 2.05) is 6.92 Å². The number of hydrogen-bond acceptors (Lipinski definition) is 6. The van der Waals surface area contributed by atoms with Crippen LogP contribution in [0.4, 0.5) is 0 Å². The van der Waals surface area contributed by atoms with Crippen LogP contribution in [0, 0.1) is 6.92 Å². The normalized spacial score (nSPS) is 14.8. The van der Waals surface area contributed by atoms with E-state index in [4.69, 9.17) is 11.6 Å². The molecule has 0 aliphatic carbocycles. The topological polar surface area (TPSA) is 104 Å². The zero-order chi connectivity index (χ0) is 25.9. The number of nitrogens with zero attached hydrogens (tertiary/aromatic N) is 2. The fourth-order valence-electron chi connectivity index (χ4n) is 3.80. The summed E-state index contributed by atoms with van der Waals surface area (Å²) in [6, 6.07) is 15.9. The predicted octanol–water partition coefficient (Wildman–Crippen LogP) is 3.22. The number of aryl methyl sites for hydroxylation is 1. The maximum absolute atomic E-state index is 13.5. The van der Waals surface area contributed by atoms with E-state index in [1.165, 1.54) is 17.0 Å². The van der Waals surface area contributed by atoms with Crippen molar-refractivity contribution in [3.05, 3.63) is 87.1 Å². The van der Waals surface area contributed by atoms with Crippen LogP contribution in [-0.2, 0) is 14.6 Å². The third-order valence-electron chi connectivity index (χ3n) is 5.86. The summed E-state index contributed by atoms with van der Waals surface area (Å²) < 4.78 is 27.0. The fraction of sp³-hybridized carbons (Fsp3) is 0.240. The lowest BCUT2D eigenvalue weighted by molar-refractivity contribution is -0.132. The van der Waals surface area contributed by atoms with Gasteiger partial charge in [0.15, 0.2) is 0 Å². The molecule has 0 bridgehead atoms. The Morgan fingerprint density at radius 1 is 0.917 bits per heavy atom. The number of sulfone groups is 1. The summed E-state index contributed by atoms with van der Waals surface area (Å²) in [7, 11) is -4.24. The first-order chi connectivity index (χ1) is 17.2. The second kappa shape index (κ2) is 10.8. The second-order valence-electron chi connectivity index (χ2n) is 8.31. The first kappa shape index (κ1) is 25.9. The Morgan fingerprint density at radius 3 is 2.11 bits per heavy atom. The zero-order valence-corrected chi connectivity index (χ0v) is 21.8. The molecule has 1 aliphatic rings. The molecule has 0 saturated carbocycles. The highest BCUT2D eigenvalue weighted by Crippen LogP contribution is 2.20. The van der Waals surface area contributed by atoms with Crippen LogP contribution in [0.1, 0.15) is 25.6 Å². The van der Waals surface area contributed by atoms with Crippen molar-refractivity contribution in [1.29, 1.82) is 0 Å². The largest absolute Gasteiger partial charge is 0.336 e. The molecule has 36 heavy (non-hydrogen) atoms. The van der Waals surface area contributed by atoms with E-state index in [-0.39, 0.29) is 37.0 Å². The molecule has 1 N–H and O–H groups in total. The Labute approximate surface area is 218 Å². The highest BCUT2D eigenvalue weighted by molar-refractivity contribution is 7.92. The van der Waals surface area contributed by atoms with Gasteiger partial charge in [0.05, 0.1) is 9.77 Å². The fourth-order valence-corrected chi connectivity index (χ4v) is 6.02. The highest BCUT2D eigenvalue weighted by Gasteiger charge is 2.39. The lowest BCUT2D eigenvalue weighted by Gasteiger charge is -2.36. The van der Waals surface area contributed by atoms with Gasteiger partial charge in [-0.25, -0.2) is 8.42 Å². The van der Waals surface area contributed by atoms with Gasteiger partial charge in [-0.2, -0.15) is 0 Å². The standard InChI is InChI=1S/C25H24ClN3O5S2/c1-17-4-10-20(11-5-17)36(33,34)23(27-22(30)21-3-2-16-35-21)25(32)29-14-12-28(13-15-29)24(31)18-6-8-19(26)9-7-18/h2-11,16,23H,12-15H2,1H3,(H,27,30). The minimum Gasteiger partial charge on any atom is -0.336 e. The molecule has 1 aromatic heterocycles. The minimum atomic E-state index is -4.24. The monoisotopic (exact) mass is 545 g/mol. The first-order valence-corrected chi connectivity index (χ1v) is 14.0. The number of rotatable bonds is 6. The van der Waals surface area contributed by atoms with E-state index in [1.54, 1.807) is 58.8 Å². The molecule has 0 spiro atoms. The minimum absolute atomic E-state index is 0.0607. The molecule has 2 heterocycles. The van der Waals surface area contributed by atoms with Crippen molar-refractivity contribution < 1.29 is 22.8 Å². The van der Waals surface area contributed by atoms with Gasteiger partial charge in [-0.05, 0) is 54.8 Å². The number of piperazine rings is 1. The maximum atomic E-state index is 13.5. The number of hydrogen-bond donors (Lipinski definition) is 1. The summed E-state index contributed by atoms with van der Waals surface area (Å²) in [6.45, 7) is 2.54. The van der Waals surface area contributed by atoms with Gasteiger partial charge in [-0.3, -0.25) is 14.4 Å². The van der Waals surface area contributed by atoms with E-state index >= 15 is 0 Å². The smallest absolute Gasteiger partial charge is 0.262 e. The summed E-state index contributed by atoms with van der Waals surface area (Å²) >= 11 is 7.04. The number of thiophene rings is 1. The van der Waals surface area contributed by atoms with Crippen molar-refractivity contribution in [3.8, 4) is 0 Å². The van der Waals surface area contributed by atoms with Crippen molar-refractivity contribution in [1.82, 2.24) is 15.1 Å². The van der Waals surface area contributed by atoms with Crippen molar-refractivity contribution in [2.24, 2.45) is 0 Å². The molecule has 1 atom stereocenters. The quantitative estimate of drug-likeness (QED) is 0.512. The van der Waals surface area contributed by atoms with Crippen LogP contribution < -0.4 is 5.32 Å². The molecule has 4 rings (SSSR count). The second-order valence-corrected chi connectivity index (χ2v) is 11.7. The Morgan fingerprint density at radius 2 is 1.53 bits per heavy atom. The lowest BCUT2D eigenvalue weighted by Crippen LogP contribution is -2.57. The van der Waals surface area contributed by atoms with Gasteiger partial charge < -0.3 is 15.1 Å². The van der Waals surface area contributed by atoms with E-state index in [9.17, 15) is 22.8 Å². The number of carbonyl (C=O) groups excluding carboxylic acids is 3. The van der Waals surface area contributed by atoms with Crippen molar-refractivity contribution in [2.45, 2.75) is 17.2 Å². The van der Waals surface area contributed by atoms with Gasteiger partial charge in [0, 0.05) is 36.8 Å². The number of amides is 3. The highest BCUT2D eigenvalue weighted by atomic mass is 35.5. The predicted molar refractivity (Wildman–Crippen MR) is 138 cm³/mol. The van der Waals surface area contributed by atoms with Crippen molar-refractivity contribution in [3.63, 3.8) is 0 Å². The average molecular weight is 546 g/mol. The third-order valence-corrected chi connectivity index (χ3v) is 8.85. The molecule has 3 amide bonds. The summed E-state index contributed by atoms with van der Waals surface area (Å²) in [5.41, 5.74) is 1.34. The van der Waals surface area contributed by atoms with E-state index in [0.29, 0.717) is 15.5 Å². The van der Waals surface area contributed by atoms with Crippen LogP contribution >= 0.6 is 22.9 Å². The van der Waals surface area contributed by atoms with E-state index < -0.39 is 27.0 Å². The average Bonchev–Trinajstić information content (AvgIpc) is 3.42. The van der Waals surface area contributed by atoms with Crippen LogP contribution in [0.15, 0.2) is 70.9 Å². The molecular formula is C25H24ClN3O5S2. The van der Waals surface area contributed by atoms with Crippen LogP contribution in [0.5, 0.6) is 0 Å². The molecule has 1 aliphatic heterocycles. The van der Waals surface area contributed by atoms with Gasteiger partial charge in [0.2, 0.25) is 15.2 Å². The molecule has 188 valence electrons. The number of benzene rings is 2. The molecule has 0 radical (unpaired) electrons. The molecule has 1 unspecified atom stereocenters. The van der Waals surface area contributed by atoms with Crippen LogP contribution in [0.3, 0.4) is 0 Å². The molecule has 3 aromatic rings. The number of carbonyl (C=O) groups is 3. The summed E-state index contributed by atoms with van der Waals surface area (Å²) in [5.74, 6) is -1.58. The Hall–Kier alpha value is -3.21. The maximum Gasteiger partial charge on any atom is 0.262 e. The van der Waals surface area contributed by atoms with Crippen LogP contribution in [-0.4, -0.2) is 67.5 Å². The van der Waals surface area contributed by atoms with E-state index in [2.05, 4.69) is 5.32 Å². The Balaban J connectivity index is 1.53. The van der Waals surface area contributed by atoms with Crippen LogP contribution in [0.2, 0.25) is 5.02 Å². The summed E-state index contributed by atoms with van der Waals surface area (Å²) in [4.78, 5) is 42.3. The molecule has 1 fully saturated rings. The summed E-state index contributed by atoms with van der Waals surface area (Å²) in [5, 5.41) is 2.85. The molecular weight excluding hydrogens is 522 g/mol. The van der Waals surface area contributed by atoms with Gasteiger partial charge in [-0.15, -0.1) is 11.3 Å². The number of halogens is 1. The van der Waals surface area contributed by atoms with Gasteiger partial charge >= 0.3 is 0 Å². The Kier molecular flexibility index (Phi) is 7.77. The molecule has 2 aromatic carbocycles. The summed E-state index contributed by atoms with van der Waals surface area (Å²) in [6.07, 6.45) is 0.